The number of aromatic carboxylic acids is 1. The molecular formula is C15H21NO4. The SMILES string of the molecule is O=C(O)c1ccoc1CN1CCC2(O)CCCCC2C1. The van der Waals surface area contributed by atoms with Crippen molar-refractivity contribution < 1.29 is 19.4 Å². The van der Waals surface area contributed by atoms with Crippen molar-refractivity contribution in [3.05, 3.63) is 23.7 Å². The summed E-state index contributed by atoms with van der Waals surface area (Å²) in [5.74, 6) is -0.119. The Bertz CT molecular complexity index is 498. The fraction of sp³-hybridized carbons (Fsp3) is 0.667. The van der Waals surface area contributed by atoms with Gasteiger partial charge in [0.15, 0.2) is 0 Å². The van der Waals surface area contributed by atoms with Crippen LogP contribution in [0.1, 0.15) is 48.2 Å². The molecule has 1 saturated carbocycles. The maximum Gasteiger partial charge on any atom is 0.339 e. The van der Waals surface area contributed by atoms with E-state index in [2.05, 4.69) is 4.90 Å². The van der Waals surface area contributed by atoms with Crippen molar-refractivity contribution in [1.82, 2.24) is 4.90 Å². The summed E-state index contributed by atoms with van der Waals surface area (Å²) in [4.78, 5) is 13.3. The number of fused-ring (bicyclic) bond motifs is 1. The van der Waals surface area contributed by atoms with E-state index in [-0.39, 0.29) is 5.56 Å². The Morgan fingerprint density at radius 3 is 3.10 bits per heavy atom. The molecule has 2 heterocycles. The molecule has 1 aliphatic heterocycles. The number of carbonyl (C=O) groups is 1. The Kier molecular flexibility index (Phi) is 3.56. The maximum absolute atomic E-state index is 11.1. The number of likely N-dealkylation sites (tertiary alicyclic amines) is 1. The Morgan fingerprint density at radius 1 is 1.45 bits per heavy atom. The van der Waals surface area contributed by atoms with Crippen LogP contribution in [-0.2, 0) is 6.54 Å². The van der Waals surface area contributed by atoms with Gasteiger partial charge >= 0.3 is 5.97 Å². The summed E-state index contributed by atoms with van der Waals surface area (Å²) in [5, 5.41) is 19.7. The molecule has 5 heteroatoms. The number of nitrogens with zero attached hydrogens (tertiary/aromatic N) is 1. The molecule has 2 N–H and O–H groups in total. The molecule has 0 spiro atoms. The van der Waals surface area contributed by atoms with Gasteiger partial charge in [-0.1, -0.05) is 12.8 Å². The Morgan fingerprint density at radius 2 is 2.30 bits per heavy atom. The Labute approximate surface area is 118 Å². The fourth-order valence-electron chi connectivity index (χ4n) is 3.64. The number of hydrogen-bond donors (Lipinski definition) is 2. The first-order chi connectivity index (χ1) is 9.58. The zero-order valence-electron chi connectivity index (χ0n) is 11.5. The van der Waals surface area contributed by atoms with Gasteiger partial charge in [-0.15, -0.1) is 0 Å². The first-order valence-electron chi connectivity index (χ1n) is 7.33. The van der Waals surface area contributed by atoms with E-state index in [4.69, 9.17) is 9.52 Å². The van der Waals surface area contributed by atoms with E-state index in [9.17, 15) is 9.90 Å². The second kappa shape index (κ2) is 5.22. The lowest BCUT2D eigenvalue weighted by molar-refractivity contribution is -0.0976. The van der Waals surface area contributed by atoms with Gasteiger partial charge in [0.1, 0.15) is 11.3 Å². The predicted octanol–water partition coefficient (Wildman–Crippen LogP) is 2.10. The first-order valence-corrected chi connectivity index (χ1v) is 7.33. The average Bonchev–Trinajstić information content (AvgIpc) is 2.87. The lowest BCUT2D eigenvalue weighted by Crippen LogP contribution is -2.53. The molecule has 0 bridgehead atoms. The normalized spacial score (nSPS) is 30.9. The Balaban J connectivity index is 1.68. The minimum Gasteiger partial charge on any atom is -0.478 e. The molecule has 3 rings (SSSR count). The van der Waals surface area contributed by atoms with E-state index >= 15 is 0 Å². The van der Waals surface area contributed by atoms with Crippen LogP contribution in [0.3, 0.4) is 0 Å². The van der Waals surface area contributed by atoms with E-state index in [0.717, 1.165) is 38.8 Å². The summed E-state index contributed by atoms with van der Waals surface area (Å²) in [6, 6.07) is 1.50. The minimum absolute atomic E-state index is 0.245. The van der Waals surface area contributed by atoms with Crippen LogP contribution in [-0.4, -0.2) is 39.8 Å². The third-order valence-electron chi connectivity index (χ3n) is 4.85. The third-order valence-corrected chi connectivity index (χ3v) is 4.85. The fourth-order valence-corrected chi connectivity index (χ4v) is 3.64. The van der Waals surface area contributed by atoms with Gasteiger partial charge in [0.25, 0.3) is 0 Å². The van der Waals surface area contributed by atoms with Gasteiger partial charge in [-0.3, -0.25) is 4.90 Å². The van der Waals surface area contributed by atoms with Gasteiger partial charge in [0.2, 0.25) is 0 Å². The summed E-state index contributed by atoms with van der Waals surface area (Å²) < 4.78 is 5.30. The average molecular weight is 279 g/mol. The molecule has 0 radical (unpaired) electrons. The number of rotatable bonds is 3. The maximum atomic E-state index is 11.1. The molecule has 110 valence electrons. The smallest absolute Gasteiger partial charge is 0.339 e. The van der Waals surface area contributed by atoms with Gasteiger partial charge in [-0.25, -0.2) is 4.79 Å². The van der Waals surface area contributed by atoms with Crippen LogP contribution in [0.5, 0.6) is 0 Å². The van der Waals surface area contributed by atoms with Crippen molar-refractivity contribution >= 4 is 5.97 Å². The van der Waals surface area contributed by atoms with E-state index in [1.807, 2.05) is 0 Å². The van der Waals surface area contributed by atoms with Crippen molar-refractivity contribution in [1.29, 1.82) is 0 Å². The lowest BCUT2D eigenvalue weighted by Gasteiger charge is -2.47. The largest absolute Gasteiger partial charge is 0.478 e. The van der Waals surface area contributed by atoms with Gasteiger partial charge in [-0.2, -0.15) is 0 Å². The first kappa shape index (κ1) is 13.6. The quantitative estimate of drug-likeness (QED) is 0.886. The minimum atomic E-state index is -0.945. The summed E-state index contributed by atoms with van der Waals surface area (Å²) >= 11 is 0. The number of carboxylic acid groups (broad SMARTS) is 1. The van der Waals surface area contributed by atoms with Crippen LogP contribution in [0.4, 0.5) is 0 Å². The molecule has 20 heavy (non-hydrogen) atoms. The Hall–Kier alpha value is -1.33. The van der Waals surface area contributed by atoms with Crippen LogP contribution in [0.2, 0.25) is 0 Å². The molecule has 1 aromatic rings. The second-order valence-corrected chi connectivity index (χ2v) is 6.09. The monoisotopic (exact) mass is 279 g/mol. The summed E-state index contributed by atoms with van der Waals surface area (Å²) in [7, 11) is 0. The van der Waals surface area contributed by atoms with E-state index in [1.54, 1.807) is 0 Å². The van der Waals surface area contributed by atoms with Crippen LogP contribution < -0.4 is 0 Å². The van der Waals surface area contributed by atoms with Crippen molar-refractivity contribution in [3.8, 4) is 0 Å². The van der Waals surface area contributed by atoms with Crippen LogP contribution >= 0.6 is 0 Å². The molecule has 0 amide bonds. The van der Waals surface area contributed by atoms with Crippen molar-refractivity contribution in [3.63, 3.8) is 0 Å². The van der Waals surface area contributed by atoms with Crippen LogP contribution in [0.15, 0.2) is 16.7 Å². The number of furan rings is 1. The molecule has 1 aromatic heterocycles. The highest BCUT2D eigenvalue weighted by atomic mass is 16.4. The van der Waals surface area contributed by atoms with Gasteiger partial charge in [-0.05, 0) is 25.3 Å². The van der Waals surface area contributed by atoms with Crippen molar-refractivity contribution in [2.45, 2.75) is 44.2 Å². The highest BCUT2D eigenvalue weighted by Gasteiger charge is 2.42. The number of piperidine rings is 1. The summed E-state index contributed by atoms with van der Waals surface area (Å²) in [6.07, 6.45) is 6.49. The van der Waals surface area contributed by atoms with Gasteiger partial charge in [0.05, 0.1) is 18.4 Å². The predicted molar refractivity (Wildman–Crippen MR) is 72.5 cm³/mol. The van der Waals surface area contributed by atoms with Gasteiger partial charge in [0, 0.05) is 19.0 Å². The molecular weight excluding hydrogens is 258 g/mol. The topological polar surface area (TPSA) is 73.9 Å². The lowest BCUT2D eigenvalue weighted by atomic mass is 9.71. The molecule has 2 fully saturated rings. The summed E-state index contributed by atoms with van der Waals surface area (Å²) in [6.45, 7) is 2.14. The van der Waals surface area contributed by atoms with Crippen molar-refractivity contribution in [2.24, 2.45) is 5.92 Å². The standard InChI is InChI=1S/C15H21NO4/c17-14(18)12-4-8-20-13(12)10-16-7-6-15(19)5-2-1-3-11(15)9-16/h4,8,11,19H,1-3,5-7,9-10H2,(H,17,18). The molecule has 2 atom stereocenters. The zero-order valence-corrected chi connectivity index (χ0v) is 11.5. The highest BCUT2D eigenvalue weighted by molar-refractivity contribution is 5.88. The molecule has 1 saturated heterocycles. The van der Waals surface area contributed by atoms with E-state index in [1.165, 1.54) is 18.8 Å². The number of aliphatic hydroxyl groups is 1. The molecule has 2 aliphatic rings. The van der Waals surface area contributed by atoms with E-state index < -0.39 is 11.6 Å². The molecule has 2 unspecified atom stereocenters. The number of hydrogen-bond acceptors (Lipinski definition) is 4. The highest BCUT2D eigenvalue weighted by Crippen LogP contribution is 2.40. The molecule has 1 aliphatic carbocycles. The van der Waals surface area contributed by atoms with Crippen LogP contribution in [0.25, 0.3) is 0 Å². The summed E-state index contributed by atoms with van der Waals surface area (Å²) in [5.41, 5.74) is -0.248. The zero-order chi connectivity index (χ0) is 14.2. The van der Waals surface area contributed by atoms with Crippen molar-refractivity contribution in [2.75, 3.05) is 13.1 Å². The number of carboxylic acids is 1. The second-order valence-electron chi connectivity index (χ2n) is 6.09. The van der Waals surface area contributed by atoms with Crippen LogP contribution in [0, 0.1) is 5.92 Å². The van der Waals surface area contributed by atoms with Gasteiger partial charge < -0.3 is 14.6 Å². The molecule has 0 aromatic carbocycles. The van der Waals surface area contributed by atoms with E-state index in [0.29, 0.717) is 18.2 Å². The molecule has 5 nitrogen and oxygen atoms in total. The third kappa shape index (κ3) is 2.47.